The summed E-state index contributed by atoms with van der Waals surface area (Å²) in [5.74, 6) is -1.78. The van der Waals surface area contributed by atoms with E-state index in [2.05, 4.69) is 5.32 Å². The van der Waals surface area contributed by atoms with E-state index in [1.807, 2.05) is 0 Å². The first-order chi connectivity index (χ1) is 9.95. The van der Waals surface area contributed by atoms with Gasteiger partial charge in [-0.1, -0.05) is 12.1 Å². The molecule has 0 saturated carbocycles. The minimum Gasteiger partial charge on any atom is -0.478 e. The van der Waals surface area contributed by atoms with Crippen molar-refractivity contribution < 1.29 is 19.1 Å². The number of carboxylic acid groups (broad SMARTS) is 1. The van der Waals surface area contributed by atoms with E-state index < -0.39 is 5.97 Å². The number of carboxylic acids is 1. The Hall–Kier alpha value is -2.89. The molecule has 0 saturated heterocycles. The Bertz CT molecular complexity index is 684. The van der Waals surface area contributed by atoms with Crippen molar-refractivity contribution in [3.8, 4) is 0 Å². The van der Waals surface area contributed by atoms with Crippen molar-refractivity contribution in [3.05, 3.63) is 59.4 Å². The van der Waals surface area contributed by atoms with Crippen molar-refractivity contribution in [1.82, 2.24) is 0 Å². The Kier molecular flexibility index (Phi) is 4.18. The molecular weight excluding hydrogens is 275 g/mol. The van der Waals surface area contributed by atoms with E-state index in [0.717, 1.165) is 0 Å². The van der Waals surface area contributed by atoms with Crippen molar-refractivity contribution >= 4 is 23.3 Å². The van der Waals surface area contributed by atoms with Crippen LogP contribution in [0.15, 0.2) is 42.5 Å². The third-order valence-electron chi connectivity index (χ3n) is 2.85. The van der Waals surface area contributed by atoms with E-state index in [9.17, 15) is 14.0 Å². The molecule has 0 bridgehead atoms. The second kappa shape index (κ2) is 6.04. The summed E-state index contributed by atoms with van der Waals surface area (Å²) in [6, 6.07) is 9.65. The van der Waals surface area contributed by atoms with Crippen LogP contribution in [0.2, 0.25) is 0 Å². The van der Waals surface area contributed by atoms with Crippen LogP contribution in [0.4, 0.5) is 15.8 Å². The summed E-state index contributed by atoms with van der Waals surface area (Å²) < 4.78 is 12.8. The second-order valence-electron chi connectivity index (χ2n) is 4.46. The van der Waals surface area contributed by atoms with Crippen LogP contribution in [0, 0.1) is 5.82 Å². The lowest BCUT2D eigenvalue weighted by atomic mass is 10.1. The number of amides is 1. The first kappa shape index (κ1) is 14.5. The highest BCUT2D eigenvalue weighted by Crippen LogP contribution is 2.20. The molecular formula is C15H13FN2O3. The highest BCUT2D eigenvalue weighted by atomic mass is 19.1. The van der Waals surface area contributed by atoms with Gasteiger partial charge < -0.3 is 16.2 Å². The van der Waals surface area contributed by atoms with Gasteiger partial charge >= 0.3 is 5.97 Å². The van der Waals surface area contributed by atoms with Crippen LogP contribution in [-0.4, -0.2) is 17.0 Å². The van der Waals surface area contributed by atoms with Gasteiger partial charge in [0.05, 0.1) is 23.4 Å². The Morgan fingerprint density at radius 1 is 1.14 bits per heavy atom. The summed E-state index contributed by atoms with van der Waals surface area (Å²) in [5, 5.41) is 11.4. The zero-order valence-corrected chi connectivity index (χ0v) is 11.0. The first-order valence-electron chi connectivity index (χ1n) is 6.13. The molecule has 4 N–H and O–H groups in total. The molecule has 2 aromatic carbocycles. The molecule has 0 heterocycles. The van der Waals surface area contributed by atoms with E-state index in [1.54, 1.807) is 0 Å². The van der Waals surface area contributed by atoms with Gasteiger partial charge in [-0.15, -0.1) is 0 Å². The zero-order valence-electron chi connectivity index (χ0n) is 11.0. The molecule has 0 atom stereocenters. The maximum atomic E-state index is 12.8. The summed E-state index contributed by atoms with van der Waals surface area (Å²) in [7, 11) is 0. The lowest BCUT2D eigenvalue weighted by Crippen LogP contribution is -2.15. The number of carbonyl (C=O) groups is 2. The van der Waals surface area contributed by atoms with Gasteiger partial charge in [0.2, 0.25) is 5.91 Å². The smallest absolute Gasteiger partial charge is 0.335 e. The van der Waals surface area contributed by atoms with Gasteiger partial charge in [-0.2, -0.15) is 0 Å². The van der Waals surface area contributed by atoms with Crippen molar-refractivity contribution in [2.75, 3.05) is 11.1 Å². The number of nitrogens with one attached hydrogen (secondary N) is 1. The zero-order chi connectivity index (χ0) is 15.4. The molecule has 0 spiro atoms. The number of nitrogens with two attached hydrogens (primary N) is 1. The van der Waals surface area contributed by atoms with Gasteiger partial charge in [-0.05, 0) is 35.9 Å². The van der Waals surface area contributed by atoms with Crippen LogP contribution in [0.5, 0.6) is 0 Å². The molecule has 21 heavy (non-hydrogen) atoms. The van der Waals surface area contributed by atoms with Crippen LogP contribution < -0.4 is 11.1 Å². The molecule has 2 aromatic rings. The predicted molar refractivity (Wildman–Crippen MR) is 76.5 cm³/mol. The number of hydrogen-bond donors (Lipinski definition) is 3. The summed E-state index contributed by atoms with van der Waals surface area (Å²) in [6.07, 6.45) is 0.0698. The van der Waals surface area contributed by atoms with Gasteiger partial charge in [0, 0.05) is 0 Å². The third kappa shape index (κ3) is 3.79. The monoisotopic (exact) mass is 288 g/mol. The van der Waals surface area contributed by atoms with Crippen molar-refractivity contribution in [1.29, 1.82) is 0 Å². The van der Waals surface area contributed by atoms with Gasteiger partial charge in [-0.3, -0.25) is 4.79 Å². The Balaban J connectivity index is 2.06. The highest BCUT2D eigenvalue weighted by Gasteiger charge is 2.09. The Morgan fingerprint density at radius 2 is 1.81 bits per heavy atom. The maximum absolute atomic E-state index is 12.8. The fraction of sp³-hybridized carbons (Fsp3) is 0.0667. The number of nitrogen functional groups attached to an aromatic ring is 1. The topological polar surface area (TPSA) is 92.4 Å². The largest absolute Gasteiger partial charge is 0.478 e. The van der Waals surface area contributed by atoms with E-state index in [1.165, 1.54) is 42.5 Å². The molecule has 1 amide bonds. The molecule has 0 aliphatic carbocycles. The molecule has 0 unspecified atom stereocenters. The van der Waals surface area contributed by atoms with Gasteiger partial charge in [0.25, 0.3) is 0 Å². The van der Waals surface area contributed by atoms with Crippen LogP contribution in [0.1, 0.15) is 15.9 Å². The lowest BCUT2D eigenvalue weighted by Gasteiger charge is -2.09. The predicted octanol–water partition coefficient (Wildman–Crippen LogP) is 2.29. The summed E-state index contributed by atoms with van der Waals surface area (Å²) >= 11 is 0. The maximum Gasteiger partial charge on any atom is 0.335 e. The van der Waals surface area contributed by atoms with E-state index in [0.29, 0.717) is 11.3 Å². The number of benzene rings is 2. The Morgan fingerprint density at radius 3 is 2.38 bits per heavy atom. The number of carbonyl (C=O) groups excluding carboxylic acids is 1. The fourth-order valence-electron chi connectivity index (χ4n) is 1.79. The van der Waals surface area contributed by atoms with Crippen LogP contribution in [0.3, 0.4) is 0 Å². The van der Waals surface area contributed by atoms with E-state index in [4.69, 9.17) is 10.8 Å². The fourth-order valence-corrected chi connectivity index (χ4v) is 1.79. The lowest BCUT2D eigenvalue weighted by molar-refractivity contribution is -0.115. The summed E-state index contributed by atoms with van der Waals surface area (Å²) in [5.41, 5.74) is 6.91. The van der Waals surface area contributed by atoms with Gasteiger partial charge in [0.15, 0.2) is 0 Å². The quantitative estimate of drug-likeness (QED) is 0.752. The van der Waals surface area contributed by atoms with Crippen molar-refractivity contribution in [2.24, 2.45) is 0 Å². The standard InChI is InChI=1S/C15H13FN2O3/c16-11-4-1-9(2-5-11)7-14(19)18-13-6-3-10(15(20)21)8-12(13)17/h1-6,8H,7,17H2,(H,18,19)(H,20,21). The van der Waals surface area contributed by atoms with Gasteiger partial charge in [-0.25, -0.2) is 9.18 Å². The number of halogens is 1. The molecule has 6 heteroatoms. The van der Waals surface area contributed by atoms with Crippen LogP contribution in [-0.2, 0) is 11.2 Å². The molecule has 2 rings (SSSR count). The number of anilines is 2. The molecule has 0 fully saturated rings. The molecule has 0 aliphatic rings. The minimum atomic E-state index is -1.09. The number of aromatic carboxylic acids is 1. The highest BCUT2D eigenvalue weighted by molar-refractivity contribution is 5.97. The van der Waals surface area contributed by atoms with Crippen molar-refractivity contribution in [2.45, 2.75) is 6.42 Å². The average molecular weight is 288 g/mol. The summed E-state index contributed by atoms with van der Waals surface area (Å²) in [4.78, 5) is 22.6. The molecule has 0 aromatic heterocycles. The number of rotatable bonds is 4. The van der Waals surface area contributed by atoms with Crippen molar-refractivity contribution in [3.63, 3.8) is 0 Å². The van der Waals surface area contributed by atoms with Gasteiger partial charge in [0.1, 0.15) is 5.82 Å². The SMILES string of the molecule is Nc1cc(C(=O)O)ccc1NC(=O)Cc1ccc(F)cc1. The summed E-state index contributed by atoms with van der Waals surface area (Å²) in [6.45, 7) is 0. The van der Waals surface area contributed by atoms with E-state index in [-0.39, 0.29) is 29.4 Å². The van der Waals surface area contributed by atoms with Crippen LogP contribution in [0.25, 0.3) is 0 Å². The average Bonchev–Trinajstić information content (AvgIpc) is 2.43. The number of hydrogen-bond acceptors (Lipinski definition) is 3. The molecule has 108 valence electrons. The molecule has 0 aliphatic heterocycles. The Labute approximate surface area is 120 Å². The molecule has 5 nitrogen and oxygen atoms in total. The minimum absolute atomic E-state index is 0.0454. The van der Waals surface area contributed by atoms with E-state index >= 15 is 0 Å². The second-order valence-corrected chi connectivity index (χ2v) is 4.46. The third-order valence-corrected chi connectivity index (χ3v) is 2.85. The molecule has 0 radical (unpaired) electrons. The normalized spacial score (nSPS) is 10.1. The first-order valence-corrected chi connectivity index (χ1v) is 6.13. The van der Waals surface area contributed by atoms with Crippen LogP contribution >= 0.6 is 0 Å².